The van der Waals surface area contributed by atoms with Crippen molar-refractivity contribution >= 4 is 5.69 Å². The molecule has 0 aromatic heterocycles. The predicted octanol–water partition coefficient (Wildman–Crippen LogP) is 1.99. The number of benzene rings is 1. The predicted molar refractivity (Wildman–Crippen MR) is 74.1 cm³/mol. The zero-order valence-electron chi connectivity index (χ0n) is 11.1. The molecule has 2 aliphatic rings. The van der Waals surface area contributed by atoms with Crippen LogP contribution < -0.4 is 4.90 Å². The molecule has 1 aromatic rings. The second kappa shape index (κ2) is 4.90. The van der Waals surface area contributed by atoms with E-state index < -0.39 is 0 Å². The lowest BCUT2D eigenvalue weighted by atomic mass is 9.91. The Morgan fingerprint density at radius 3 is 2.72 bits per heavy atom. The maximum absolute atomic E-state index is 6.15. The highest BCUT2D eigenvalue weighted by atomic mass is 16.5. The van der Waals surface area contributed by atoms with Crippen LogP contribution >= 0.6 is 0 Å². The number of anilines is 1. The molecule has 2 fully saturated rings. The number of morpholine rings is 1. The van der Waals surface area contributed by atoms with Crippen molar-refractivity contribution in [3.05, 3.63) is 30.3 Å². The van der Waals surface area contributed by atoms with Gasteiger partial charge >= 0.3 is 0 Å². The Hall–Kier alpha value is -1.06. The molecule has 3 rings (SSSR count). The number of para-hydroxylation sites is 1. The van der Waals surface area contributed by atoms with Crippen LogP contribution in [0.15, 0.2) is 30.3 Å². The molecule has 98 valence electrons. The molecule has 1 spiro atoms. The van der Waals surface area contributed by atoms with E-state index in [0.717, 1.165) is 26.2 Å². The maximum atomic E-state index is 6.15. The Morgan fingerprint density at radius 1 is 1.11 bits per heavy atom. The summed E-state index contributed by atoms with van der Waals surface area (Å²) in [6, 6.07) is 10.7. The SMILES string of the molecule is CN1CCC[C@]2(C1)CN(c1ccccc1)CCO2. The number of hydrogen-bond acceptors (Lipinski definition) is 3. The monoisotopic (exact) mass is 246 g/mol. The lowest BCUT2D eigenvalue weighted by Crippen LogP contribution is -2.59. The fourth-order valence-corrected chi connectivity index (χ4v) is 3.27. The van der Waals surface area contributed by atoms with Crippen LogP contribution in [0.1, 0.15) is 12.8 Å². The molecule has 2 aliphatic heterocycles. The van der Waals surface area contributed by atoms with Crippen molar-refractivity contribution in [2.45, 2.75) is 18.4 Å². The summed E-state index contributed by atoms with van der Waals surface area (Å²) in [6.07, 6.45) is 2.44. The zero-order chi connectivity index (χ0) is 12.4. The lowest BCUT2D eigenvalue weighted by molar-refractivity contribution is -0.0926. The van der Waals surface area contributed by atoms with Crippen LogP contribution in [0.4, 0.5) is 5.69 Å². The van der Waals surface area contributed by atoms with Crippen LogP contribution in [0, 0.1) is 0 Å². The van der Waals surface area contributed by atoms with E-state index >= 15 is 0 Å². The summed E-state index contributed by atoms with van der Waals surface area (Å²) in [4.78, 5) is 4.88. The van der Waals surface area contributed by atoms with E-state index in [4.69, 9.17) is 4.74 Å². The van der Waals surface area contributed by atoms with Crippen molar-refractivity contribution in [1.82, 2.24) is 4.90 Å². The average molecular weight is 246 g/mol. The Kier molecular flexibility index (Phi) is 3.27. The molecule has 0 N–H and O–H groups in total. The molecule has 2 saturated heterocycles. The molecule has 0 amide bonds. The van der Waals surface area contributed by atoms with E-state index in [-0.39, 0.29) is 5.60 Å². The van der Waals surface area contributed by atoms with Gasteiger partial charge in [-0.05, 0) is 38.6 Å². The Morgan fingerprint density at radius 2 is 1.94 bits per heavy atom. The smallest absolute Gasteiger partial charge is 0.0983 e. The Balaban J connectivity index is 1.75. The first kappa shape index (κ1) is 12.0. The lowest BCUT2D eigenvalue weighted by Gasteiger charge is -2.48. The van der Waals surface area contributed by atoms with Gasteiger partial charge in [0.25, 0.3) is 0 Å². The molecule has 0 unspecified atom stereocenters. The summed E-state index contributed by atoms with van der Waals surface area (Å²) < 4.78 is 6.15. The minimum absolute atomic E-state index is 0.0566. The third-order valence-corrected chi connectivity index (χ3v) is 4.10. The van der Waals surface area contributed by atoms with Gasteiger partial charge in [-0.15, -0.1) is 0 Å². The molecular weight excluding hydrogens is 224 g/mol. The van der Waals surface area contributed by atoms with E-state index in [1.165, 1.54) is 25.1 Å². The Bertz CT molecular complexity index is 391. The number of ether oxygens (including phenoxy) is 1. The first-order chi connectivity index (χ1) is 8.77. The molecule has 1 aromatic carbocycles. The van der Waals surface area contributed by atoms with Gasteiger partial charge in [0, 0.05) is 25.3 Å². The first-order valence-corrected chi connectivity index (χ1v) is 6.90. The summed E-state index contributed by atoms with van der Waals surface area (Å²) in [5, 5.41) is 0. The van der Waals surface area contributed by atoms with Crippen molar-refractivity contribution in [3.8, 4) is 0 Å². The van der Waals surface area contributed by atoms with Gasteiger partial charge < -0.3 is 14.5 Å². The fourth-order valence-electron chi connectivity index (χ4n) is 3.27. The molecule has 0 aliphatic carbocycles. The van der Waals surface area contributed by atoms with E-state index in [1.54, 1.807) is 0 Å². The summed E-state index contributed by atoms with van der Waals surface area (Å²) in [7, 11) is 2.20. The van der Waals surface area contributed by atoms with Crippen molar-refractivity contribution in [2.24, 2.45) is 0 Å². The molecule has 3 heteroatoms. The summed E-state index contributed by atoms with van der Waals surface area (Å²) in [5.74, 6) is 0. The van der Waals surface area contributed by atoms with Gasteiger partial charge in [0.2, 0.25) is 0 Å². The van der Waals surface area contributed by atoms with E-state index in [1.807, 2.05) is 0 Å². The molecule has 3 nitrogen and oxygen atoms in total. The summed E-state index contributed by atoms with van der Waals surface area (Å²) in [6.45, 7) is 5.16. The normalized spacial score (nSPS) is 29.7. The maximum Gasteiger partial charge on any atom is 0.0983 e. The Labute approximate surface area is 109 Å². The topological polar surface area (TPSA) is 15.7 Å². The third kappa shape index (κ3) is 2.38. The fraction of sp³-hybridized carbons (Fsp3) is 0.600. The minimum Gasteiger partial charge on any atom is -0.370 e. The van der Waals surface area contributed by atoms with Gasteiger partial charge in [0.05, 0.1) is 12.2 Å². The average Bonchev–Trinajstić information content (AvgIpc) is 2.39. The highest BCUT2D eigenvalue weighted by Gasteiger charge is 2.39. The van der Waals surface area contributed by atoms with Crippen LogP contribution in [-0.4, -0.2) is 50.3 Å². The van der Waals surface area contributed by atoms with Gasteiger partial charge in [-0.3, -0.25) is 0 Å². The minimum atomic E-state index is 0.0566. The van der Waals surface area contributed by atoms with Crippen molar-refractivity contribution in [1.29, 1.82) is 0 Å². The first-order valence-electron chi connectivity index (χ1n) is 6.90. The number of piperidine rings is 1. The van der Waals surface area contributed by atoms with Crippen molar-refractivity contribution in [2.75, 3.05) is 44.7 Å². The van der Waals surface area contributed by atoms with Crippen LogP contribution in [-0.2, 0) is 4.74 Å². The number of rotatable bonds is 1. The number of hydrogen-bond donors (Lipinski definition) is 0. The molecule has 0 saturated carbocycles. The van der Waals surface area contributed by atoms with Crippen molar-refractivity contribution in [3.63, 3.8) is 0 Å². The van der Waals surface area contributed by atoms with E-state index in [0.29, 0.717) is 0 Å². The largest absolute Gasteiger partial charge is 0.370 e. The van der Waals surface area contributed by atoms with Crippen molar-refractivity contribution < 1.29 is 4.74 Å². The summed E-state index contributed by atoms with van der Waals surface area (Å²) in [5.41, 5.74) is 1.38. The van der Waals surface area contributed by atoms with E-state index in [2.05, 4.69) is 47.2 Å². The van der Waals surface area contributed by atoms with Gasteiger partial charge in [0.1, 0.15) is 0 Å². The number of likely N-dealkylation sites (N-methyl/N-ethyl adjacent to an activating group) is 1. The number of likely N-dealkylation sites (tertiary alicyclic amines) is 1. The molecule has 0 bridgehead atoms. The second-order valence-electron chi connectivity index (χ2n) is 5.63. The standard InChI is InChI=1S/C15H22N2O/c1-16-9-5-8-15(12-16)13-17(10-11-18-15)14-6-3-2-4-7-14/h2-4,6-7H,5,8-13H2,1H3/t15-/m0/s1. The third-order valence-electron chi connectivity index (χ3n) is 4.10. The zero-order valence-corrected chi connectivity index (χ0v) is 11.1. The number of nitrogens with zero attached hydrogens (tertiary/aromatic N) is 2. The van der Waals surface area contributed by atoms with Crippen LogP contribution in [0.25, 0.3) is 0 Å². The molecule has 18 heavy (non-hydrogen) atoms. The van der Waals surface area contributed by atoms with Gasteiger partial charge in [-0.2, -0.15) is 0 Å². The van der Waals surface area contributed by atoms with Gasteiger partial charge in [-0.1, -0.05) is 18.2 Å². The van der Waals surface area contributed by atoms with Crippen LogP contribution in [0.3, 0.4) is 0 Å². The van der Waals surface area contributed by atoms with Gasteiger partial charge in [0.15, 0.2) is 0 Å². The van der Waals surface area contributed by atoms with Crippen LogP contribution in [0.5, 0.6) is 0 Å². The molecular formula is C15H22N2O. The molecule has 1 atom stereocenters. The molecule has 0 radical (unpaired) electrons. The molecule has 2 heterocycles. The van der Waals surface area contributed by atoms with Gasteiger partial charge in [-0.25, -0.2) is 0 Å². The van der Waals surface area contributed by atoms with Crippen LogP contribution in [0.2, 0.25) is 0 Å². The highest BCUT2D eigenvalue weighted by molar-refractivity contribution is 5.46. The summed E-state index contributed by atoms with van der Waals surface area (Å²) >= 11 is 0. The van der Waals surface area contributed by atoms with E-state index in [9.17, 15) is 0 Å². The highest BCUT2D eigenvalue weighted by Crippen LogP contribution is 2.30. The second-order valence-corrected chi connectivity index (χ2v) is 5.63. The quantitative estimate of drug-likeness (QED) is 0.753.